The molecular weight excluding hydrogens is 304 g/mol. The van der Waals surface area contributed by atoms with Crippen molar-refractivity contribution in [2.24, 2.45) is 11.3 Å². The molecular formula is C18H28N4O2. The Kier molecular flexibility index (Phi) is 3.92. The molecule has 3 atom stereocenters. The van der Waals surface area contributed by atoms with Gasteiger partial charge in [0.2, 0.25) is 5.91 Å². The third-order valence-corrected chi connectivity index (χ3v) is 6.41. The molecule has 1 aliphatic carbocycles. The van der Waals surface area contributed by atoms with Gasteiger partial charge < -0.3 is 15.4 Å². The minimum absolute atomic E-state index is 0.00102. The van der Waals surface area contributed by atoms with Crippen molar-refractivity contribution in [3.8, 4) is 0 Å². The van der Waals surface area contributed by atoms with E-state index in [0.717, 1.165) is 45.4 Å². The van der Waals surface area contributed by atoms with E-state index in [1.54, 1.807) is 6.20 Å². The largest absolute Gasteiger partial charge is 0.377 e. The summed E-state index contributed by atoms with van der Waals surface area (Å²) in [5.41, 5.74) is -0.565. The summed E-state index contributed by atoms with van der Waals surface area (Å²) in [5, 5.41) is 11.2. The number of fused-ring (bicyclic) bond motifs is 1. The number of hydrogen-bond acceptors (Lipinski definition) is 4. The van der Waals surface area contributed by atoms with Gasteiger partial charge >= 0.3 is 0 Å². The number of aromatic nitrogens is 2. The molecule has 0 spiro atoms. The molecule has 1 saturated carbocycles. The topological polar surface area (TPSA) is 68.2 Å². The Bertz CT molecular complexity index is 592. The zero-order valence-electron chi connectivity index (χ0n) is 14.6. The van der Waals surface area contributed by atoms with Crippen molar-refractivity contribution in [3.05, 3.63) is 18.5 Å². The Morgan fingerprint density at radius 2 is 2.17 bits per heavy atom. The molecule has 0 bridgehead atoms. The van der Waals surface area contributed by atoms with E-state index in [1.807, 2.05) is 16.9 Å². The number of hydrogen-bond donors (Lipinski definition) is 2. The third kappa shape index (κ3) is 2.30. The SMILES string of the molecule is CC1(C)C(NC(=O)C2(n3cccn3)CCNCC2)C2CCCOC21. The maximum atomic E-state index is 13.3. The predicted molar refractivity (Wildman–Crippen MR) is 90.5 cm³/mol. The first-order valence-corrected chi connectivity index (χ1v) is 9.19. The fourth-order valence-corrected chi connectivity index (χ4v) is 5.01. The van der Waals surface area contributed by atoms with E-state index in [2.05, 4.69) is 29.6 Å². The summed E-state index contributed by atoms with van der Waals surface area (Å²) in [6, 6.07) is 2.09. The van der Waals surface area contributed by atoms with Crippen LogP contribution in [-0.2, 0) is 15.1 Å². The highest BCUT2D eigenvalue weighted by molar-refractivity contribution is 5.85. The van der Waals surface area contributed by atoms with Crippen LogP contribution in [-0.4, -0.2) is 47.5 Å². The van der Waals surface area contributed by atoms with Crippen LogP contribution in [0.3, 0.4) is 0 Å². The zero-order valence-corrected chi connectivity index (χ0v) is 14.6. The van der Waals surface area contributed by atoms with Crippen LogP contribution in [0.4, 0.5) is 0 Å². The van der Waals surface area contributed by atoms with Crippen molar-refractivity contribution in [2.75, 3.05) is 19.7 Å². The number of ether oxygens (including phenoxy) is 1. The van der Waals surface area contributed by atoms with Crippen LogP contribution in [0, 0.1) is 11.3 Å². The molecule has 1 aromatic heterocycles. The van der Waals surface area contributed by atoms with E-state index in [4.69, 9.17) is 4.74 Å². The van der Waals surface area contributed by atoms with Gasteiger partial charge in [-0.15, -0.1) is 0 Å². The first kappa shape index (κ1) is 16.1. The molecule has 4 rings (SSSR count). The van der Waals surface area contributed by atoms with E-state index >= 15 is 0 Å². The van der Waals surface area contributed by atoms with Crippen LogP contribution >= 0.6 is 0 Å². The van der Waals surface area contributed by atoms with Crippen LogP contribution in [0.5, 0.6) is 0 Å². The molecule has 1 amide bonds. The Morgan fingerprint density at radius 3 is 2.88 bits per heavy atom. The van der Waals surface area contributed by atoms with Crippen molar-refractivity contribution in [2.45, 2.75) is 57.2 Å². The smallest absolute Gasteiger partial charge is 0.248 e. The van der Waals surface area contributed by atoms with Crippen LogP contribution in [0.15, 0.2) is 18.5 Å². The van der Waals surface area contributed by atoms with Crippen LogP contribution < -0.4 is 10.6 Å². The number of piperidine rings is 1. The molecule has 2 aliphatic heterocycles. The lowest BCUT2D eigenvalue weighted by atomic mass is 9.55. The summed E-state index contributed by atoms with van der Waals surface area (Å²) in [4.78, 5) is 13.3. The van der Waals surface area contributed by atoms with Gasteiger partial charge in [0.15, 0.2) is 0 Å². The molecule has 1 aromatic rings. The second-order valence-corrected chi connectivity index (χ2v) is 8.10. The first-order valence-electron chi connectivity index (χ1n) is 9.19. The Labute approximate surface area is 143 Å². The molecule has 132 valence electrons. The monoisotopic (exact) mass is 332 g/mol. The van der Waals surface area contributed by atoms with Gasteiger partial charge in [-0.1, -0.05) is 13.8 Å². The van der Waals surface area contributed by atoms with Gasteiger partial charge in [-0.2, -0.15) is 5.10 Å². The van der Waals surface area contributed by atoms with Gasteiger partial charge in [-0.3, -0.25) is 9.48 Å². The van der Waals surface area contributed by atoms with Gasteiger partial charge in [0.05, 0.1) is 6.10 Å². The molecule has 3 fully saturated rings. The van der Waals surface area contributed by atoms with Crippen molar-refractivity contribution in [1.82, 2.24) is 20.4 Å². The maximum Gasteiger partial charge on any atom is 0.248 e. The molecule has 3 aliphatic rings. The summed E-state index contributed by atoms with van der Waals surface area (Å²) in [5.74, 6) is 0.573. The molecule has 0 radical (unpaired) electrons. The van der Waals surface area contributed by atoms with Gasteiger partial charge in [0.1, 0.15) is 5.54 Å². The number of amides is 1. The van der Waals surface area contributed by atoms with Crippen molar-refractivity contribution in [1.29, 1.82) is 0 Å². The summed E-state index contributed by atoms with van der Waals surface area (Å²) in [6.45, 7) is 6.97. The third-order valence-electron chi connectivity index (χ3n) is 6.41. The highest BCUT2D eigenvalue weighted by Crippen LogP contribution is 2.51. The summed E-state index contributed by atoms with van der Waals surface area (Å²) < 4.78 is 7.83. The van der Waals surface area contributed by atoms with Gasteiger partial charge in [0.25, 0.3) is 0 Å². The average molecular weight is 332 g/mol. The normalized spacial score (nSPS) is 34.0. The van der Waals surface area contributed by atoms with E-state index in [-0.39, 0.29) is 23.5 Å². The molecule has 6 heteroatoms. The summed E-state index contributed by atoms with van der Waals surface area (Å²) in [6.07, 6.45) is 7.76. The molecule has 2 saturated heterocycles. The molecule has 3 heterocycles. The van der Waals surface area contributed by atoms with E-state index < -0.39 is 5.54 Å². The standard InChI is InChI=1S/C18H28N4O2/c1-17(2)14(13-5-3-12-24-15(13)17)21-16(23)18(6-9-19-10-7-18)22-11-4-8-20-22/h4,8,11,13-15,19H,3,5-7,9-10,12H2,1-2H3,(H,21,23). The fraction of sp³-hybridized carbons (Fsp3) is 0.778. The van der Waals surface area contributed by atoms with Gasteiger partial charge in [-0.25, -0.2) is 0 Å². The average Bonchev–Trinajstić information content (AvgIpc) is 3.15. The lowest BCUT2D eigenvalue weighted by Crippen LogP contribution is -2.72. The summed E-state index contributed by atoms with van der Waals surface area (Å²) >= 11 is 0. The van der Waals surface area contributed by atoms with Gasteiger partial charge in [-0.05, 0) is 44.8 Å². The van der Waals surface area contributed by atoms with Crippen LogP contribution in [0.25, 0.3) is 0 Å². The minimum Gasteiger partial charge on any atom is -0.377 e. The number of nitrogens with zero attached hydrogens (tertiary/aromatic N) is 2. The van der Waals surface area contributed by atoms with Crippen LogP contribution in [0.2, 0.25) is 0 Å². The number of rotatable bonds is 3. The lowest BCUT2D eigenvalue weighted by Gasteiger charge is -2.60. The number of carbonyl (C=O) groups excluding carboxylic acids is 1. The van der Waals surface area contributed by atoms with E-state index in [9.17, 15) is 4.79 Å². The van der Waals surface area contributed by atoms with Gasteiger partial charge in [0, 0.05) is 36.4 Å². The van der Waals surface area contributed by atoms with Crippen LogP contribution in [0.1, 0.15) is 39.5 Å². The zero-order chi connectivity index (χ0) is 16.8. The van der Waals surface area contributed by atoms with E-state index in [1.165, 1.54) is 0 Å². The lowest BCUT2D eigenvalue weighted by molar-refractivity contribution is -0.195. The molecule has 6 nitrogen and oxygen atoms in total. The minimum atomic E-state index is -0.564. The Hall–Kier alpha value is -1.40. The number of carbonyl (C=O) groups is 1. The van der Waals surface area contributed by atoms with E-state index in [0.29, 0.717) is 5.92 Å². The molecule has 2 N–H and O–H groups in total. The quantitative estimate of drug-likeness (QED) is 0.875. The van der Waals surface area contributed by atoms with Crippen molar-refractivity contribution < 1.29 is 9.53 Å². The first-order chi connectivity index (χ1) is 11.6. The van der Waals surface area contributed by atoms with Crippen molar-refractivity contribution >= 4 is 5.91 Å². The fourth-order valence-electron chi connectivity index (χ4n) is 5.01. The predicted octanol–water partition coefficient (Wildman–Crippen LogP) is 1.28. The molecule has 0 aromatic carbocycles. The molecule has 3 unspecified atom stereocenters. The highest BCUT2D eigenvalue weighted by atomic mass is 16.5. The van der Waals surface area contributed by atoms with Crippen molar-refractivity contribution in [3.63, 3.8) is 0 Å². The Morgan fingerprint density at radius 1 is 1.38 bits per heavy atom. The second kappa shape index (κ2) is 5.85. The maximum absolute atomic E-state index is 13.3. The number of nitrogens with one attached hydrogen (secondary N) is 2. The summed E-state index contributed by atoms with van der Waals surface area (Å²) in [7, 11) is 0. The molecule has 24 heavy (non-hydrogen) atoms. The second-order valence-electron chi connectivity index (χ2n) is 8.10. The highest BCUT2D eigenvalue weighted by Gasteiger charge is 2.59. The Balaban J connectivity index is 1.56.